The molecule has 1 aliphatic heterocycles. The number of nitriles is 1. The van der Waals surface area contributed by atoms with Gasteiger partial charge in [0, 0.05) is 16.6 Å². The van der Waals surface area contributed by atoms with Gasteiger partial charge in [0.25, 0.3) is 0 Å². The molecule has 0 aliphatic carbocycles. The van der Waals surface area contributed by atoms with Crippen molar-refractivity contribution < 1.29 is 19.1 Å². The van der Waals surface area contributed by atoms with Gasteiger partial charge in [-0.1, -0.05) is 59.8 Å². The van der Waals surface area contributed by atoms with Crippen LogP contribution in [0.2, 0.25) is 5.02 Å². The Hall–Kier alpha value is -3.28. The van der Waals surface area contributed by atoms with Gasteiger partial charge in [-0.05, 0) is 23.8 Å². The van der Waals surface area contributed by atoms with Gasteiger partial charge in [0.1, 0.15) is 5.92 Å². The van der Waals surface area contributed by atoms with Gasteiger partial charge in [-0.3, -0.25) is 14.4 Å². The zero-order chi connectivity index (χ0) is 22.4. The molecule has 1 aliphatic rings. The topological polar surface area (TPSA) is 108 Å². The molecule has 7 nitrogen and oxygen atoms in total. The van der Waals surface area contributed by atoms with Crippen LogP contribution in [0.3, 0.4) is 0 Å². The molecule has 2 amide bonds. The molecular formula is C22H18ClN3O4S. The van der Waals surface area contributed by atoms with E-state index in [0.717, 1.165) is 11.8 Å². The normalized spacial score (nSPS) is 18.0. The Kier molecular flexibility index (Phi) is 7.34. The van der Waals surface area contributed by atoms with E-state index < -0.39 is 23.7 Å². The number of allylic oxidation sites excluding steroid dienone is 1. The SMILES string of the molecule is COC(=O)[C@H]1C(=O)NC(SCC(=O)Nc2cccc(Cl)c2)=C(C#N)[C@H]1c1ccccc1. The molecule has 2 aromatic rings. The summed E-state index contributed by atoms with van der Waals surface area (Å²) in [6.45, 7) is 0. The Balaban J connectivity index is 1.86. The van der Waals surface area contributed by atoms with Crippen LogP contribution in [0, 0.1) is 17.2 Å². The van der Waals surface area contributed by atoms with Crippen LogP contribution in [0.1, 0.15) is 11.5 Å². The first-order valence-corrected chi connectivity index (χ1v) is 10.6. The quantitative estimate of drug-likeness (QED) is 0.510. The zero-order valence-electron chi connectivity index (χ0n) is 16.4. The molecule has 0 unspecified atom stereocenters. The Morgan fingerprint density at radius 1 is 1.23 bits per heavy atom. The first-order valence-electron chi connectivity index (χ1n) is 9.20. The second-order valence-electron chi connectivity index (χ2n) is 6.58. The van der Waals surface area contributed by atoms with Crippen molar-refractivity contribution in [2.24, 2.45) is 5.92 Å². The van der Waals surface area contributed by atoms with Crippen molar-refractivity contribution >= 4 is 46.8 Å². The summed E-state index contributed by atoms with van der Waals surface area (Å²) < 4.78 is 4.80. The number of hydrogen-bond donors (Lipinski definition) is 2. The summed E-state index contributed by atoms with van der Waals surface area (Å²) in [4.78, 5) is 37.4. The molecule has 0 saturated heterocycles. The van der Waals surface area contributed by atoms with Crippen LogP contribution in [0.5, 0.6) is 0 Å². The van der Waals surface area contributed by atoms with Crippen molar-refractivity contribution in [2.45, 2.75) is 5.92 Å². The van der Waals surface area contributed by atoms with Crippen LogP contribution >= 0.6 is 23.4 Å². The van der Waals surface area contributed by atoms with E-state index in [1.165, 1.54) is 7.11 Å². The van der Waals surface area contributed by atoms with Gasteiger partial charge in [0.2, 0.25) is 11.8 Å². The molecule has 0 fully saturated rings. The van der Waals surface area contributed by atoms with Gasteiger partial charge < -0.3 is 15.4 Å². The number of rotatable bonds is 6. The van der Waals surface area contributed by atoms with Crippen molar-refractivity contribution in [2.75, 3.05) is 18.2 Å². The number of nitrogens with zero attached hydrogens (tertiary/aromatic N) is 1. The molecule has 31 heavy (non-hydrogen) atoms. The number of methoxy groups -OCH3 is 1. The van der Waals surface area contributed by atoms with Crippen LogP contribution in [0.4, 0.5) is 5.69 Å². The Labute approximate surface area is 188 Å². The van der Waals surface area contributed by atoms with Crippen molar-refractivity contribution in [3.63, 3.8) is 0 Å². The number of ether oxygens (including phenoxy) is 1. The summed E-state index contributed by atoms with van der Waals surface area (Å²) in [5, 5.41) is 15.9. The number of carbonyl (C=O) groups is 3. The van der Waals surface area contributed by atoms with E-state index in [4.69, 9.17) is 16.3 Å². The summed E-state index contributed by atoms with van der Waals surface area (Å²) in [5.41, 5.74) is 1.36. The number of amides is 2. The predicted molar refractivity (Wildman–Crippen MR) is 118 cm³/mol. The summed E-state index contributed by atoms with van der Waals surface area (Å²) in [7, 11) is 1.19. The highest BCUT2D eigenvalue weighted by Crippen LogP contribution is 2.40. The highest BCUT2D eigenvalue weighted by Gasteiger charge is 2.44. The van der Waals surface area contributed by atoms with E-state index in [-0.39, 0.29) is 22.3 Å². The Morgan fingerprint density at radius 3 is 2.61 bits per heavy atom. The highest BCUT2D eigenvalue weighted by atomic mass is 35.5. The number of benzene rings is 2. The third kappa shape index (κ3) is 5.26. The fourth-order valence-corrected chi connectivity index (χ4v) is 4.28. The maximum atomic E-state index is 12.7. The van der Waals surface area contributed by atoms with Crippen LogP contribution in [0.25, 0.3) is 0 Å². The molecule has 1 heterocycles. The zero-order valence-corrected chi connectivity index (χ0v) is 18.0. The van der Waals surface area contributed by atoms with Crippen molar-refractivity contribution in [3.8, 4) is 6.07 Å². The van der Waals surface area contributed by atoms with Gasteiger partial charge in [-0.15, -0.1) is 0 Å². The third-order valence-corrected chi connectivity index (χ3v) is 5.85. The number of hydrogen-bond acceptors (Lipinski definition) is 6. The minimum atomic E-state index is -1.20. The minimum Gasteiger partial charge on any atom is -0.468 e. The number of nitrogens with one attached hydrogen (secondary N) is 2. The van der Waals surface area contributed by atoms with Crippen LogP contribution in [-0.2, 0) is 19.1 Å². The third-order valence-electron chi connectivity index (χ3n) is 4.60. The standard InChI is InChI=1S/C22H18ClN3O4S/c1-30-22(29)19-18(13-6-3-2-4-7-13)16(11-24)21(26-20(19)28)31-12-17(27)25-15-9-5-8-14(23)10-15/h2-10,18-19H,12H2,1H3,(H,25,27)(H,26,28)/t18-,19-/m1/s1. The average molecular weight is 456 g/mol. The first-order chi connectivity index (χ1) is 14.9. The van der Waals surface area contributed by atoms with Crippen LogP contribution < -0.4 is 10.6 Å². The molecule has 0 saturated carbocycles. The lowest BCUT2D eigenvalue weighted by atomic mass is 9.78. The number of carbonyl (C=O) groups excluding carboxylic acids is 3. The molecule has 3 rings (SSSR count). The number of thioether (sulfide) groups is 1. The van der Waals surface area contributed by atoms with Crippen LogP contribution in [0.15, 0.2) is 65.2 Å². The molecule has 0 bridgehead atoms. The molecule has 158 valence electrons. The lowest BCUT2D eigenvalue weighted by Gasteiger charge is -2.30. The fraction of sp³-hybridized carbons (Fsp3) is 0.182. The average Bonchev–Trinajstić information content (AvgIpc) is 2.77. The smallest absolute Gasteiger partial charge is 0.319 e. The maximum absolute atomic E-state index is 12.7. The molecule has 9 heteroatoms. The summed E-state index contributed by atoms with van der Waals surface area (Å²) in [5.74, 6) is -3.73. The maximum Gasteiger partial charge on any atom is 0.319 e. The van der Waals surface area contributed by atoms with E-state index in [0.29, 0.717) is 16.3 Å². The predicted octanol–water partition coefficient (Wildman–Crippen LogP) is 3.45. The largest absolute Gasteiger partial charge is 0.468 e. The Morgan fingerprint density at radius 2 is 1.97 bits per heavy atom. The molecule has 0 spiro atoms. The van der Waals surface area contributed by atoms with Gasteiger partial charge in [0.15, 0.2) is 0 Å². The van der Waals surface area contributed by atoms with Crippen molar-refractivity contribution in [1.29, 1.82) is 5.26 Å². The van der Waals surface area contributed by atoms with Gasteiger partial charge in [-0.25, -0.2) is 0 Å². The highest BCUT2D eigenvalue weighted by molar-refractivity contribution is 8.03. The van der Waals surface area contributed by atoms with Gasteiger partial charge in [0.05, 0.1) is 29.5 Å². The van der Waals surface area contributed by atoms with E-state index in [1.54, 1.807) is 54.6 Å². The molecule has 2 N–H and O–H groups in total. The van der Waals surface area contributed by atoms with E-state index in [9.17, 15) is 19.6 Å². The van der Waals surface area contributed by atoms with E-state index >= 15 is 0 Å². The lowest BCUT2D eigenvalue weighted by Crippen LogP contribution is -2.44. The molecule has 2 atom stereocenters. The fourth-order valence-electron chi connectivity index (χ4n) is 3.24. The molecular weight excluding hydrogens is 438 g/mol. The minimum absolute atomic E-state index is 0.0578. The monoisotopic (exact) mass is 455 g/mol. The van der Waals surface area contributed by atoms with Crippen molar-refractivity contribution in [3.05, 3.63) is 75.8 Å². The van der Waals surface area contributed by atoms with Gasteiger partial charge in [-0.2, -0.15) is 5.26 Å². The number of esters is 1. The Bertz CT molecular complexity index is 1080. The van der Waals surface area contributed by atoms with E-state index in [2.05, 4.69) is 16.7 Å². The summed E-state index contributed by atoms with van der Waals surface area (Å²) in [6, 6.07) is 17.6. The van der Waals surface area contributed by atoms with Crippen LogP contribution in [-0.4, -0.2) is 30.6 Å². The lowest BCUT2D eigenvalue weighted by molar-refractivity contribution is -0.150. The molecule has 0 aromatic heterocycles. The van der Waals surface area contributed by atoms with Crippen molar-refractivity contribution in [1.82, 2.24) is 5.32 Å². The molecule has 0 radical (unpaired) electrons. The van der Waals surface area contributed by atoms with Gasteiger partial charge >= 0.3 is 5.97 Å². The van der Waals surface area contributed by atoms with E-state index in [1.807, 2.05) is 0 Å². The summed E-state index contributed by atoms with van der Waals surface area (Å²) in [6.07, 6.45) is 0. The first kappa shape index (κ1) is 22.4. The second-order valence-corrected chi connectivity index (χ2v) is 8.00. The molecule has 2 aromatic carbocycles. The number of halogens is 1. The second kappa shape index (κ2) is 10.2. The summed E-state index contributed by atoms with van der Waals surface area (Å²) >= 11 is 6.93. The number of anilines is 1.